The standard InChI is InChI=1S/C20H21N3O/c1-15-16(2)21-14-19-20(15)23(17(3)22-19)11-13-24-12-7-10-18-8-5-4-6-9-18/h4-6,8-9,14H,11-13H2,1-3H3. The summed E-state index contributed by atoms with van der Waals surface area (Å²) in [7, 11) is 0. The summed E-state index contributed by atoms with van der Waals surface area (Å²) in [4.78, 5) is 8.97. The van der Waals surface area contributed by atoms with E-state index < -0.39 is 0 Å². The minimum Gasteiger partial charge on any atom is -0.367 e. The van der Waals surface area contributed by atoms with E-state index in [1.54, 1.807) is 0 Å². The van der Waals surface area contributed by atoms with Crippen LogP contribution in [0.2, 0.25) is 0 Å². The van der Waals surface area contributed by atoms with Gasteiger partial charge in [-0.15, -0.1) is 0 Å². The van der Waals surface area contributed by atoms with Crippen molar-refractivity contribution in [1.82, 2.24) is 14.5 Å². The van der Waals surface area contributed by atoms with Crippen molar-refractivity contribution in [2.75, 3.05) is 13.2 Å². The van der Waals surface area contributed by atoms with Crippen LogP contribution in [0.3, 0.4) is 0 Å². The van der Waals surface area contributed by atoms with Gasteiger partial charge in [-0.3, -0.25) is 4.98 Å². The predicted octanol–water partition coefficient (Wildman–Crippen LogP) is 3.42. The minimum absolute atomic E-state index is 0.431. The molecule has 0 fully saturated rings. The van der Waals surface area contributed by atoms with Crippen molar-refractivity contribution < 1.29 is 4.74 Å². The molecule has 0 atom stereocenters. The molecule has 0 amide bonds. The third-order valence-electron chi connectivity index (χ3n) is 4.10. The van der Waals surface area contributed by atoms with Crippen LogP contribution < -0.4 is 0 Å². The molecule has 0 spiro atoms. The second kappa shape index (κ2) is 7.29. The molecule has 0 aliphatic heterocycles. The van der Waals surface area contributed by atoms with E-state index in [1.165, 1.54) is 5.56 Å². The largest absolute Gasteiger partial charge is 0.367 e. The highest BCUT2D eigenvalue weighted by molar-refractivity contribution is 5.79. The second-order valence-corrected chi connectivity index (χ2v) is 5.73. The molecule has 122 valence electrons. The predicted molar refractivity (Wildman–Crippen MR) is 95.9 cm³/mol. The van der Waals surface area contributed by atoms with Gasteiger partial charge in [-0.25, -0.2) is 4.98 Å². The topological polar surface area (TPSA) is 39.9 Å². The van der Waals surface area contributed by atoms with E-state index in [0.29, 0.717) is 13.2 Å². The Labute approximate surface area is 142 Å². The van der Waals surface area contributed by atoms with Crippen molar-refractivity contribution in [3.63, 3.8) is 0 Å². The first-order chi connectivity index (χ1) is 11.7. The van der Waals surface area contributed by atoms with Gasteiger partial charge in [0.2, 0.25) is 0 Å². The monoisotopic (exact) mass is 319 g/mol. The Morgan fingerprint density at radius 3 is 2.71 bits per heavy atom. The zero-order valence-electron chi connectivity index (χ0n) is 14.3. The molecule has 3 aromatic rings. The maximum atomic E-state index is 5.66. The number of rotatable bonds is 4. The third kappa shape index (κ3) is 3.47. The lowest BCUT2D eigenvalue weighted by Crippen LogP contribution is -2.08. The summed E-state index contributed by atoms with van der Waals surface area (Å²) in [5.74, 6) is 7.13. The van der Waals surface area contributed by atoms with E-state index in [0.717, 1.165) is 34.7 Å². The van der Waals surface area contributed by atoms with Crippen molar-refractivity contribution in [3.05, 3.63) is 59.2 Å². The highest BCUT2D eigenvalue weighted by atomic mass is 16.5. The molecule has 4 nitrogen and oxygen atoms in total. The third-order valence-corrected chi connectivity index (χ3v) is 4.10. The van der Waals surface area contributed by atoms with E-state index in [4.69, 9.17) is 4.74 Å². The van der Waals surface area contributed by atoms with Crippen LogP contribution >= 0.6 is 0 Å². The Morgan fingerprint density at radius 2 is 1.92 bits per heavy atom. The van der Waals surface area contributed by atoms with Gasteiger partial charge in [-0.1, -0.05) is 30.0 Å². The summed E-state index contributed by atoms with van der Waals surface area (Å²) in [6.45, 7) is 7.94. The van der Waals surface area contributed by atoms with E-state index >= 15 is 0 Å². The lowest BCUT2D eigenvalue weighted by Gasteiger charge is -2.09. The zero-order chi connectivity index (χ0) is 16.9. The van der Waals surface area contributed by atoms with Gasteiger partial charge >= 0.3 is 0 Å². The minimum atomic E-state index is 0.431. The second-order valence-electron chi connectivity index (χ2n) is 5.73. The fraction of sp³-hybridized carbons (Fsp3) is 0.300. The average Bonchev–Trinajstić information content (AvgIpc) is 2.91. The number of aromatic nitrogens is 3. The lowest BCUT2D eigenvalue weighted by molar-refractivity contribution is 0.158. The summed E-state index contributed by atoms with van der Waals surface area (Å²) in [5, 5.41) is 0. The Kier molecular flexibility index (Phi) is 4.93. The first-order valence-electron chi connectivity index (χ1n) is 8.07. The molecule has 0 aliphatic rings. The molecule has 0 N–H and O–H groups in total. The number of fused-ring (bicyclic) bond motifs is 1. The summed E-state index contributed by atoms with van der Waals surface area (Å²) in [6.07, 6.45) is 1.84. The highest BCUT2D eigenvalue weighted by Crippen LogP contribution is 2.20. The van der Waals surface area contributed by atoms with Crippen LogP contribution in [0.1, 0.15) is 22.6 Å². The van der Waals surface area contributed by atoms with Gasteiger partial charge in [0.25, 0.3) is 0 Å². The number of nitrogens with zero attached hydrogens (tertiary/aromatic N) is 3. The summed E-state index contributed by atoms with van der Waals surface area (Å²) in [6, 6.07) is 9.94. The van der Waals surface area contributed by atoms with Crippen molar-refractivity contribution >= 4 is 11.0 Å². The number of benzene rings is 1. The van der Waals surface area contributed by atoms with Crippen LogP contribution in [-0.2, 0) is 11.3 Å². The maximum absolute atomic E-state index is 5.66. The van der Waals surface area contributed by atoms with Crippen LogP contribution in [0.25, 0.3) is 11.0 Å². The van der Waals surface area contributed by atoms with Crippen LogP contribution in [0.5, 0.6) is 0 Å². The number of hydrogen-bond donors (Lipinski definition) is 0. The van der Waals surface area contributed by atoms with Crippen molar-refractivity contribution in [2.24, 2.45) is 0 Å². The Morgan fingerprint density at radius 1 is 1.12 bits per heavy atom. The molecule has 2 heterocycles. The zero-order valence-corrected chi connectivity index (χ0v) is 14.3. The number of ether oxygens (including phenoxy) is 1. The molecular weight excluding hydrogens is 298 g/mol. The molecule has 24 heavy (non-hydrogen) atoms. The molecule has 4 heteroatoms. The molecule has 0 unspecified atom stereocenters. The quantitative estimate of drug-likeness (QED) is 0.546. The molecule has 0 saturated heterocycles. The van der Waals surface area contributed by atoms with E-state index in [1.807, 2.05) is 50.4 Å². The van der Waals surface area contributed by atoms with E-state index in [-0.39, 0.29) is 0 Å². The van der Waals surface area contributed by atoms with Gasteiger partial charge in [0.1, 0.15) is 17.9 Å². The number of imidazole rings is 1. The molecule has 1 aromatic carbocycles. The SMILES string of the molecule is Cc1ncc2nc(C)n(CCOCC#Cc3ccccc3)c2c1C. The Hall–Kier alpha value is -2.64. The Bertz CT molecular complexity index is 901. The molecule has 0 bridgehead atoms. The molecule has 0 radical (unpaired) electrons. The first-order valence-corrected chi connectivity index (χ1v) is 8.07. The summed E-state index contributed by atoms with van der Waals surface area (Å²) >= 11 is 0. The molecule has 2 aromatic heterocycles. The molecule has 3 rings (SSSR count). The number of pyridine rings is 1. The smallest absolute Gasteiger partial charge is 0.108 e. The van der Waals surface area contributed by atoms with Crippen molar-refractivity contribution in [2.45, 2.75) is 27.3 Å². The molecule has 0 saturated carbocycles. The maximum Gasteiger partial charge on any atom is 0.108 e. The van der Waals surface area contributed by atoms with Gasteiger partial charge in [0.15, 0.2) is 0 Å². The summed E-state index contributed by atoms with van der Waals surface area (Å²) in [5.41, 5.74) is 5.32. The molecular formula is C20H21N3O. The van der Waals surface area contributed by atoms with Gasteiger partial charge in [0.05, 0.1) is 18.3 Å². The molecule has 0 aliphatic carbocycles. The normalized spacial score (nSPS) is 10.6. The number of hydrogen-bond acceptors (Lipinski definition) is 3. The highest BCUT2D eigenvalue weighted by Gasteiger charge is 2.11. The van der Waals surface area contributed by atoms with Gasteiger partial charge in [-0.05, 0) is 38.5 Å². The fourth-order valence-electron chi connectivity index (χ4n) is 2.71. The Balaban J connectivity index is 1.62. The fourth-order valence-corrected chi connectivity index (χ4v) is 2.71. The first kappa shape index (κ1) is 16.2. The van der Waals surface area contributed by atoms with Crippen LogP contribution in [0, 0.1) is 32.6 Å². The van der Waals surface area contributed by atoms with Gasteiger partial charge in [-0.2, -0.15) is 0 Å². The number of aryl methyl sites for hydroxylation is 3. The van der Waals surface area contributed by atoms with Gasteiger partial charge in [0, 0.05) is 17.8 Å². The van der Waals surface area contributed by atoms with Crippen LogP contribution in [-0.4, -0.2) is 27.7 Å². The van der Waals surface area contributed by atoms with Crippen molar-refractivity contribution in [3.8, 4) is 11.8 Å². The van der Waals surface area contributed by atoms with E-state index in [9.17, 15) is 0 Å². The average molecular weight is 319 g/mol. The van der Waals surface area contributed by atoms with Crippen molar-refractivity contribution in [1.29, 1.82) is 0 Å². The van der Waals surface area contributed by atoms with Crippen LogP contribution in [0.15, 0.2) is 36.5 Å². The van der Waals surface area contributed by atoms with Gasteiger partial charge < -0.3 is 9.30 Å². The van der Waals surface area contributed by atoms with E-state index in [2.05, 4.69) is 33.3 Å². The lowest BCUT2D eigenvalue weighted by atomic mass is 10.2. The summed E-state index contributed by atoms with van der Waals surface area (Å²) < 4.78 is 7.86. The van der Waals surface area contributed by atoms with Crippen LogP contribution in [0.4, 0.5) is 0 Å².